The fourth-order valence-electron chi connectivity index (χ4n) is 2.61. The highest BCUT2D eigenvalue weighted by atomic mass is 79.9. The first kappa shape index (κ1) is 20.3. The van der Waals surface area contributed by atoms with Gasteiger partial charge in [0, 0.05) is 16.7 Å². The molecule has 0 aliphatic carbocycles. The third-order valence-corrected chi connectivity index (χ3v) is 5.40. The molecule has 5 nitrogen and oxygen atoms in total. The Morgan fingerprint density at radius 1 is 1.32 bits per heavy atom. The summed E-state index contributed by atoms with van der Waals surface area (Å²) < 4.78 is 16.8. The molecule has 0 atom stereocenters. The van der Waals surface area contributed by atoms with Crippen LogP contribution in [0.25, 0.3) is 11.4 Å². The molecule has 144 valence electrons. The molecule has 0 aliphatic heterocycles. The summed E-state index contributed by atoms with van der Waals surface area (Å²) in [5, 5.41) is 11.7. The lowest BCUT2D eigenvalue weighted by molar-refractivity contribution is -0.113. The van der Waals surface area contributed by atoms with E-state index in [4.69, 9.17) is 0 Å². The normalized spacial score (nSPS) is 10.7. The van der Waals surface area contributed by atoms with Gasteiger partial charge in [0.05, 0.1) is 11.3 Å². The van der Waals surface area contributed by atoms with Gasteiger partial charge < -0.3 is 5.32 Å². The zero-order chi connectivity index (χ0) is 20.1. The number of nitrogens with zero attached hydrogens (tertiary/aromatic N) is 3. The van der Waals surface area contributed by atoms with Crippen molar-refractivity contribution in [3.05, 3.63) is 71.0 Å². The van der Waals surface area contributed by atoms with Gasteiger partial charge in [-0.1, -0.05) is 45.9 Å². The Kier molecular flexibility index (Phi) is 6.64. The number of carbonyl (C=O) groups excluding carboxylic acids is 1. The van der Waals surface area contributed by atoms with E-state index in [-0.39, 0.29) is 17.5 Å². The second-order valence-electron chi connectivity index (χ2n) is 5.98. The maximum Gasteiger partial charge on any atom is 0.234 e. The van der Waals surface area contributed by atoms with Gasteiger partial charge in [0.25, 0.3) is 0 Å². The topological polar surface area (TPSA) is 59.8 Å². The highest BCUT2D eigenvalue weighted by Crippen LogP contribution is 2.26. The standard InChI is InChI=1S/C20H18BrFN4OS/c1-3-10-26-19(15-6-4-5-7-16(15)22)24-25-20(26)28-12-18(27)23-17-9-8-14(21)11-13(17)2/h3-9,11H,1,10,12H2,2H3,(H,23,27). The molecule has 0 spiro atoms. The van der Waals surface area contributed by atoms with Crippen molar-refractivity contribution in [3.8, 4) is 11.4 Å². The predicted octanol–water partition coefficient (Wildman–Crippen LogP) is 5.07. The lowest BCUT2D eigenvalue weighted by Gasteiger charge is -2.10. The van der Waals surface area contributed by atoms with Crippen molar-refractivity contribution in [3.63, 3.8) is 0 Å². The van der Waals surface area contributed by atoms with Gasteiger partial charge in [-0.2, -0.15) is 0 Å². The smallest absolute Gasteiger partial charge is 0.234 e. The molecule has 0 saturated heterocycles. The Morgan fingerprint density at radius 3 is 2.82 bits per heavy atom. The van der Waals surface area contributed by atoms with Gasteiger partial charge in [-0.3, -0.25) is 9.36 Å². The number of hydrogen-bond donors (Lipinski definition) is 1. The molecule has 1 amide bonds. The summed E-state index contributed by atoms with van der Waals surface area (Å²) in [5.74, 6) is 0.0306. The predicted molar refractivity (Wildman–Crippen MR) is 114 cm³/mol. The second kappa shape index (κ2) is 9.16. The van der Waals surface area contributed by atoms with Gasteiger partial charge in [0.2, 0.25) is 5.91 Å². The molecule has 1 N–H and O–H groups in total. The number of amides is 1. The van der Waals surface area contributed by atoms with Crippen LogP contribution in [0.15, 0.2) is 64.7 Å². The van der Waals surface area contributed by atoms with E-state index in [0.717, 1.165) is 15.7 Å². The Balaban J connectivity index is 1.74. The minimum absolute atomic E-state index is 0.155. The number of aromatic nitrogens is 3. The number of halogens is 2. The van der Waals surface area contributed by atoms with Crippen molar-refractivity contribution in [2.75, 3.05) is 11.1 Å². The van der Waals surface area contributed by atoms with Crippen molar-refractivity contribution in [1.29, 1.82) is 0 Å². The van der Waals surface area contributed by atoms with Crippen LogP contribution >= 0.6 is 27.7 Å². The maximum atomic E-state index is 14.1. The van der Waals surface area contributed by atoms with Crippen LogP contribution < -0.4 is 5.32 Å². The van der Waals surface area contributed by atoms with Crippen LogP contribution in [0, 0.1) is 12.7 Å². The minimum atomic E-state index is -0.375. The van der Waals surface area contributed by atoms with E-state index >= 15 is 0 Å². The van der Waals surface area contributed by atoms with E-state index in [2.05, 4.69) is 38.0 Å². The maximum absolute atomic E-state index is 14.1. The Morgan fingerprint density at radius 2 is 2.11 bits per heavy atom. The molecular weight excluding hydrogens is 443 g/mol. The van der Waals surface area contributed by atoms with Crippen LogP contribution in [0.1, 0.15) is 5.56 Å². The number of anilines is 1. The molecule has 3 aromatic rings. The monoisotopic (exact) mass is 460 g/mol. The number of thioether (sulfide) groups is 1. The third-order valence-electron chi connectivity index (χ3n) is 3.94. The van der Waals surface area contributed by atoms with Crippen molar-refractivity contribution in [1.82, 2.24) is 14.8 Å². The first-order valence-corrected chi connectivity index (χ1v) is 10.2. The molecule has 0 saturated carbocycles. The van der Waals surface area contributed by atoms with Crippen molar-refractivity contribution >= 4 is 39.3 Å². The zero-order valence-electron chi connectivity index (χ0n) is 15.2. The number of hydrogen-bond acceptors (Lipinski definition) is 4. The Bertz CT molecular complexity index is 1020. The fourth-order valence-corrected chi connectivity index (χ4v) is 3.84. The first-order valence-electron chi connectivity index (χ1n) is 8.47. The fraction of sp³-hybridized carbons (Fsp3) is 0.150. The number of carbonyl (C=O) groups is 1. The van der Waals surface area contributed by atoms with Crippen molar-refractivity contribution < 1.29 is 9.18 Å². The van der Waals surface area contributed by atoms with Gasteiger partial charge in [0.15, 0.2) is 11.0 Å². The van der Waals surface area contributed by atoms with Crippen molar-refractivity contribution in [2.45, 2.75) is 18.6 Å². The summed E-state index contributed by atoms with van der Waals surface area (Å²) in [4.78, 5) is 12.3. The number of rotatable bonds is 7. The molecule has 8 heteroatoms. The molecule has 0 radical (unpaired) electrons. The molecule has 1 heterocycles. The van der Waals surface area contributed by atoms with Gasteiger partial charge in [0.1, 0.15) is 5.82 Å². The lowest BCUT2D eigenvalue weighted by atomic mass is 10.2. The first-order chi connectivity index (χ1) is 13.5. The number of nitrogens with one attached hydrogen (secondary N) is 1. The van der Waals surface area contributed by atoms with Crippen LogP contribution in [0.2, 0.25) is 0 Å². The van der Waals surface area contributed by atoms with Gasteiger partial charge >= 0.3 is 0 Å². The summed E-state index contributed by atoms with van der Waals surface area (Å²) in [6.45, 7) is 6.07. The summed E-state index contributed by atoms with van der Waals surface area (Å²) in [7, 11) is 0. The van der Waals surface area contributed by atoms with E-state index in [1.807, 2.05) is 25.1 Å². The molecule has 0 unspecified atom stereocenters. The number of aryl methyl sites for hydroxylation is 1. The molecule has 0 fully saturated rings. The molecule has 0 bridgehead atoms. The average molecular weight is 461 g/mol. The summed E-state index contributed by atoms with van der Waals surface area (Å²) in [6, 6.07) is 12.0. The van der Waals surface area contributed by atoms with Crippen LogP contribution in [0.4, 0.5) is 10.1 Å². The molecule has 2 aromatic carbocycles. The van der Waals surface area contributed by atoms with E-state index in [0.29, 0.717) is 23.1 Å². The number of benzene rings is 2. The van der Waals surface area contributed by atoms with E-state index in [1.165, 1.54) is 17.8 Å². The van der Waals surface area contributed by atoms with Crippen LogP contribution in [0.5, 0.6) is 0 Å². The van der Waals surface area contributed by atoms with Gasteiger partial charge in [-0.05, 0) is 42.8 Å². The van der Waals surface area contributed by atoms with E-state index < -0.39 is 0 Å². The van der Waals surface area contributed by atoms with Crippen LogP contribution in [0.3, 0.4) is 0 Å². The lowest BCUT2D eigenvalue weighted by Crippen LogP contribution is -2.15. The summed E-state index contributed by atoms with van der Waals surface area (Å²) in [5.41, 5.74) is 2.08. The Hall–Kier alpha value is -2.45. The Labute approximate surface area is 175 Å². The second-order valence-corrected chi connectivity index (χ2v) is 7.84. The quantitative estimate of drug-likeness (QED) is 0.394. The largest absolute Gasteiger partial charge is 0.325 e. The van der Waals surface area contributed by atoms with E-state index in [9.17, 15) is 9.18 Å². The third kappa shape index (κ3) is 4.69. The molecular formula is C20H18BrFN4OS. The van der Waals surface area contributed by atoms with Crippen LogP contribution in [-0.4, -0.2) is 26.4 Å². The average Bonchev–Trinajstić information content (AvgIpc) is 3.06. The molecule has 3 rings (SSSR count). The molecule has 1 aromatic heterocycles. The SMILES string of the molecule is C=CCn1c(SCC(=O)Nc2ccc(Br)cc2C)nnc1-c1ccccc1F. The summed E-state index contributed by atoms with van der Waals surface area (Å²) in [6.07, 6.45) is 1.68. The van der Waals surface area contributed by atoms with Crippen LogP contribution in [-0.2, 0) is 11.3 Å². The van der Waals surface area contributed by atoms with Gasteiger partial charge in [-0.25, -0.2) is 4.39 Å². The molecule has 0 aliphatic rings. The number of allylic oxidation sites excluding steroid dienone is 1. The highest BCUT2D eigenvalue weighted by molar-refractivity contribution is 9.10. The van der Waals surface area contributed by atoms with Crippen molar-refractivity contribution in [2.24, 2.45) is 0 Å². The molecule has 28 heavy (non-hydrogen) atoms. The zero-order valence-corrected chi connectivity index (χ0v) is 17.6. The van der Waals surface area contributed by atoms with Gasteiger partial charge in [-0.15, -0.1) is 16.8 Å². The van der Waals surface area contributed by atoms with E-state index in [1.54, 1.807) is 28.8 Å². The highest BCUT2D eigenvalue weighted by Gasteiger charge is 2.17. The summed E-state index contributed by atoms with van der Waals surface area (Å²) >= 11 is 4.65. The minimum Gasteiger partial charge on any atom is -0.325 e.